The first-order chi connectivity index (χ1) is 9.13. The Balaban J connectivity index is 2.26. The summed E-state index contributed by atoms with van der Waals surface area (Å²) < 4.78 is 0. The molecule has 2 N–H and O–H groups in total. The second-order valence-electron chi connectivity index (χ2n) is 6.00. The molecule has 0 saturated carbocycles. The summed E-state index contributed by atoms with van der Waals surface area (Å²) in [5.41, 5.74) is 0. The molecule has 0 radical (unpaired) electrons. The molecule has 0 amide bonds. The van der Waals surface area contributed by atoms with E-state index in [0.717, 1.165) is 45.8 Å². The molecule has 114 valence electrons. The van der Waals surface area contributed by atoms with Crippen molar-refractivity contribution in [3.8, 4) is 0 Å². The number of aliphatic hydroxyl groups excluding tert-OH is 1. The molecule has 1 atom stereocenters. The van der Waals surface area contributed by atoms with Crippen LogP contribution in [-0.2, 0) is 0 Å². The first-order valence-electron chi connectivity index (χ1n) is 7.98. The van der Waals surface area contributed by atoms with Gasteiger partial charge in [0.05, 0.1) is 6.10 Å². The Kier molecular flexibility index (Phi) is 8.62. The fourth-order valence-electron chi connectivity index (χ4n) is 2.65. The third-order valence-electron chi connectivity index (χ3n) is 3.90. The van der Waals surface area contributed by atoms with Gasteiger partial charge in [-0.15, -0.1) is 0 Å². The minimum atomic E-state index is -0.220. The van der Waals surface area contributed by atoms with Gasteiger partial charge >= 0.3 is 0 Å². The summed E-state index contributed by atoms with van der Waals surface area (Å²) in [6, 6.07) is 0.523. The van der Waals surface area contributed by atoms with Crippen LogP contribution in [0.15, 0.2) is 0 Å². The lowest BCUT2D eigenvalue weighted by molar-refractivity contribution is 0.0585. The molecule has 4 heteroatoms. The smallest absolute Gasteiger partial charge is 0.0793 e. The van der Waals surface area contributed by atoms with Crippen LogP contribution >= 0.6 is 0 Å². The number of aliphatic hydroxyl groups is 1. The summed E-state index contributed by atoms with van der Waals surface area (Å²) in [7, 11) is 0. The van der Waals surface area contributed by atoms with E-state index in [1.807, 2.05) is 0 Å². The predicted octanol–water partition coefficient (Wildman–Crippen LogP) is 1.15. The second kappa shape index (κ2) is 9.70. The van der Waals surface area contributed by atoms with Crippen molar-refractivity contribution in [3.05, 3.63) is 0 Å². The molecular weight excluding hydrogens is 238 g/mol. The molecule has 19 heavy (non-hydrogen) atoms. The van der Waals surface area contributed by atoms with Crippen molar-refractivity contribution in [3.63, 3.8) is 0 Å². The van der Waals surface area contributed by atoms with Crippen LogP contribution in [0.1, 0.15) is 40.0 Å². The van der Waals surface area contributed by atoms with E-state index in [4.69, 9.17) is 0 Å². The topological polar surface area (TPSA) is 38.7 Å². The Morgan fingerprint density at radius 1 is 1.21 bits per heavy atom. The first-order valence-corrected chi connectivity index (χ1v) is 7.98. The lowest BCUT2D eigenvalue weighted by Gasteiger charge is -2.33. The Bertz CT molecular complexity index is 217. The number of piperazine rings is 1. The van der Waals surface area contributed by atoms with E-state index in [0.29, 0.717) is 6.04 Å². The summed E-state index contributed by atoms with van der Waals surface area (Å²) in [6.45, 7) is 13.7. The van der Waals surface area contributed by atoms with Crippen LogP contribution < -0.4 is 5.32 Å². The molecule has 0 aromatic heterocycles. The van der Waals surface area contributed by atoms with Crippen molar-refractivity contribution in [1.29, 1.82) is 0 Å². The van der Waals surface area contributed by atoms with Crippen LogP contribution in [0.4, 0.5) is 0 Å². The zero-order chi connectivity index (χ0) is 14.1. The summed E-state index contributed by atoms with van der Waals surface area (Å²) in [5, 5.41) is 13.6. The summed E-state index contributed by atoms with van der Waals surface area (Å²) in [6.07, 6.45) is 3.57. The minimum Gasteiger partial charge on any atom is -0.390 e. The van der Waals surface area contributed by atoms with Crippen molar-refractivity contribution in [1.82, 2.24) is 15.1 Å². The number of unbranched alkanes of at least 4 members (excludes halogenated alkanes) is 2. The molecule has 0 bridgehead atoms. The summed E-state index contributed by atoms with van der Waals surface area (Å²) >= 11 is 0. The van der Waals surface area contributed by atoms with Gasteiger partial charge in [-0.25, -0.2) is 0 Å². The van der Waals surface area contributed by atoms with Gasteiger partial charge in [-0.1, -0.05) is 19.8 Å². The third-order valence-corrected chi connectivity index (χ3v) is 3.90. The lowest BCUT2D eigenvalue weighted by atomic mass is 10.2. The van der Waals surface area contributed by atoms with Crippen molar-refractivity contribution in [2.45, 2.75) is 52.2 Å². The van der Waals surface area contributed by atoms with E-state index >= 15 is 0 Å². The fourth-order valence-corrected chi connectivity index (χ4v) is 2.65. The first kappa shape index (κ1) is 16.9. The van der Waals surface area contributed by atoms with Gasteiger partial charge in [-0.3, -0.25) is 9.80 Å². The van der Waals surface area contributed by atoms with E-state index < -0.39 is 0 Å². The molecule has 0 aliphatic carbocycles. The number of β-amino-alcohol motifs (C(OH)–C–C–N with tert-alkyl or cyclic N) is 1. The van der Waals surface area contributed by atoms with E-state index in [-0.39, 0.29) is 6.10 Å². The van der Waals surface area contributed by atoms with Gasteiger partial charge in [0.2, 0.25) is 0 Å². The summed E-state index contributed by atoms with van der Waals surface area (Å²) in [5.74, 6) is 0. The van der Waals surface area contributed by atoms with Gasteiger partial charge in [0.25, 0.3) is 0 Å². The van der Waals surface area contributed by atoms with E-state index in [1.165, 1.54) is 19.3 Å². The quantitative estimate of drug-likeness (QED) is 0.617. The third kappa shape index (κ3) is 7.25. The zero-order valence-corrected chi connectivity index (χ0v) is 13.1. The highest BCUT2D eigenvalue weighted by atomic mass is 16.3. The average molecular weight is 271 g/mol. The molecule has 1 heterocycles. The van der Waals surface area contributed by atoms with E-state index in [1.54, 1.807) is 0 Å². The monoisotopic (exact) mass is 271 g/mol. The van der Waals surface area contributed by atoms with Gasteiger partial charge in [0, 0.05) is 45.3 Å². The molecule has 1 saturated heterocycles. The Labute approximate surface area is 119 Å². The maximum atomic E-state index is 10.3. The van der Waals surface area contributed by atoms with Crippen LogP contribution in [0, 0.1) is 0 Å². The maximum Gasteiger partial charge on any atom is 0.0793 e. The number of rotatable bonds is 9. The standard InChI is InChI=1S/C15H33N3O/c1-4-5-6-9-18(14(2)3)13-15(19)12-17-10-7-16-8-11-17/h14-16,19H,4-13H2,1-3H3. The van der Waals surface area contributed by atoms with E-state index in [9.17, 15) is 5.11 Å². The van der Waals surface area contributed by atoms with Crippen molar-refractivity contribution in [2.24, 2.45) is 0 Å². The van der Waals surface area contributed by atoms with Gasteiger partial charge in [-0.2, -0.15) is 0 Å². The Morgan fingerprint density at radius 2 is 1.89 bits per heavy atom. The van der Waals surface area contributed by atoms with Gasteiger partial charge in [0.1, 0.15) is 0 Å². The van der Waals surface area contributed by atoms with Gasteiger partial charge in [-0.05, 0) is 26.8 Å². The molecule has 1 fully saturated rings. The molecule has 1 unspecified atom stereocenters. The molecule has 0 spiro atoms. The van der Waals surface area contributed by atoms with Crippen molar-refractivity contribution >= 4 is 0 Å². The average Bonchev–Trinajstić information content (AvgIpc) is 2.38. The zero-order valence-electron chi connectivity index (χ0n) is 13.1. The molecule has 1 rings (SSSR count). The molecule has 0 aromatic rings. The van der Waals surface area contributed by atoms with Crippen LogP contribution in [-0.4, -0.2) is 72.9 Å². The van der Waals surface area contributed by atoms with Crippen LogP contribution in [0.5, 0.6) is 0 Å². The lowest BCUT2D eigenvalue weighted by Crippen LogP contribution is -2.49. The Morgan fingerprint density at radius 3 is 2.47 bits per heavy atom. The normalized spacial score (nSPS) is 19.3. The molecule has 0 aromatic carbocycles. The second-order valence-corrected chi connectivity index (χ2v) is 6.00. The van der Waals surface area contributed by atoms with Crippen molar-refractivity contribution in [2.75, 3.05) is 45.8 Å². The summed E-state index contributed by atoms with van der Waals surface area (Å²) in [4.78, 5) is 4.79. The number of hydrogen-bond acceptors (Lipinski definition) is 4. The number of nitrogens with zero attached hydrogens (tertiary/aromatic N) is 2. The number of nitrogens with one attached hydrogen (secondary N) is 1. The Hall–Kier alpha value is -0.160. The minimum absolute atomic E-state index is 0.220. The molecular formula is C15H33N3O. The van der Waals surface area contributed by atoms with Crippen LogP contribution in [0.2, 0.25) is 0 Å². The fraction of sp³-hybridized carbons (Fsp3) is 1.00. The largest absolute Gasteiger partial charge is 0.390 e. The number of hydrogen-bond donors (Lipinski definition) is 2. The predicted molar refractivity (Wildman–Crippen MR) is 81.6 cm³/mol. The highest BCUT2D eigenvalue weighted by molar-refractivity contribution is 4.74. The highest BCUT2D eigenvalue weighted by Crippen LogP contribution is 2.06. The van der Waals surface area contributed by atoms with Crippen molar-refractivity contribution < 1.29 is 5.11 Å². The van der Waals surface area contributed by atoms with E-state index in [2.05, 4.69) is 35.9 Å². The molecule has 1 aliphatic heterocycles. The maximum absolute atomic E-state index is 10.3. The molecule has 4 nitrogen and oxygen atoms in total. The van der Waals surface area contributed by atoms with Crippen LogP contribution in [0.25, 0.3) is 0 Å². The van der Waals surface area contributed by atoms with Gasteiger partial charge < -0.3 is 10.4 Å². The van der Waals surface area contributed by atoms with Crippen LogP contribution in [0.3, 0.4) is 0 Å². The van der Waals surface area contributed by atoms with Gasteiger partial charge in [0.15, 0.2) is 0 Å². The molecule has 1 aliphatic rings. The SMILES string of the molecule is CCCCCN(CC(O)CN1CCNCC1)C(C)C. The highest BCUT2D eigenvalue weighted by Gasteiger charge is 2.18.